The predicted octanol–water partition coefficient (Wildman–Crippen LogP) is 4.72. The molecule has 1 rings (SSSR count). The molecular weight excluding hydrogens is 319 g/mol. The topological polar surface area (TPSA) is 26.3 Å². The Kier molecular flexibility index (Phi) is 8.05. The molecule has 0 fully saturated rings. The Bertz CT molecular complexity index is 442. The summed E-state index contributed by atoms with van der Waals surface area (Å²) in [6.45, 7) is 2.04. The van der Waals surface area contributed by atoms with Crippen molar-refractivity contribution in [2.45, 2.75) is 25.1 Å². The molecule has 110 valence electrons. The van der Waals surface area contributed by atoms with E-state index in [0.29, 0.717) is 13.0 Å². The van der Waals surface area contributed by atoms with Gasteiger partial charge in [0.1, 0.15) is 4.49 Å². The highest BCUT2D eigenvalue weighted by Gasteiger charge is 2.26. The summed E-state index contributed by atoms with van der Waals surface area (Å²) in [7, 11) is 0. The lowest BCUT2D eigenvalue weighted by Gasteiger charge is -2.17. The van der Waals surface area contributed by atoms with Crippen LogP contribution in [0.25, 0.3) is 0 Å². The number of hydrogen-bond donors (Lipinski definition) is 0. The van der Waals surface area contributed by atoms with Crippen molar-refractivity contribution >= 4 is 40.8 Å². The first-order valence-corrected chi connectivity index (χ1v) is 7.61. The van der Waals surface area contributed by atoms with Crippen molar-refractivity contribution in [3.63, 3.8) is 0 Å². The van der Waals surface area contributed by atoms with E-state index in [-0.39, 0.29) is 4.49 Å². The van der Waals surface area contributed by atoms with Crippen molar-refractivity contribution in [2.75, 3.05) is 6.61 Å². The lowest BCUT2D eigenvalue weighted by molar-refractivity contribution is -0.146. The molecule has 0 saturated carbocycles. The molecule has 1 aromatic rings. The molecule has 2 nitrogen and oxygen atoms in total. The minimum atomic E-state index is -0.634. The fourth-order valence-corrected chi connectivity index (χ4v) is 2.38. The summed E-state index contributed by atoms with van der Waals surface area (Å²) in [5, 5.41) is -0.415. The first-order valence-electron chi connectivity index (χ1n) is 6.42. The van der Waals surface area contributed by atoms with Crippen LogP contribution in [0.2, 0.25) is 0 Å². The van der Waals surface area contributed by atoms with E-state index in [9.17, 15) is 4.79 Å². The van der Waals surface area contributed by atoms with Gasteiger partial charge in [0.05, 0.1) is 17.9 Å². The number of carbonyl (C=O) groups is 1. The SMILES string of the molecule is CCOC(=O)[C@@H](C=C(Cl)Cl)[C@H](Cl)CCc1ccccc1. The average molecular weight is 336 g/mol. The highest BCUT2D eigenvalue weighted by Crippen LogP contribution is 2.23. The number of hydrogen-bond acceptors (Lipinski definition) is 2. The number of benzene rings is 1. The smallest absolute Gasteiger partial charge is 0.314 e. The molecule has 0 spiro atoms. The Morgan fingerprint density at radius 3 is 2.50 bits per heavy atom. The Hall–Kier alpha value is -0.700. The molecule has 0 amide bonds. The highest BCUT2D eigenvalue weighted by molar-refractivity contribution is 6.56. The molecule has 2 atom stereocenters. The summed E-state index contributed by atoms with van der Waals surface area (Å²) >= 11 is 17.6. The number of aryl methyl sites for hydroxylation is 1. The van der Waals surface area contributed by atoms with Crippen molar-refractivity contribution in [2.24, 2.45) is 5.92 Å². The second-order valence-corrected chi connectivity index (χ2v) is 5.84. The van der Waals surface area contributed by atoms with Crippen LogP contribution in [-0.2, 0) is 16.0 Å². The number of carbonyl (C=O) groups excluding carboxylic acids is 1. The summed E-state index contributed by atoms with van der Waals surface area (Å²) in [5.41, 5.74) is 1.17. The fraction of sp³-hybridized carbons (Fsp3) is 0.400. The molecule has 5 heteroatoms. The van der Waals surface area contributed by atoms with Crippen molar-refractivity contribution in [1.29, 1.82) is 0 Å². The van der Waals surface area contributed by atoms with Crippen LogP contribution in [0.5, 0.6) is 0 Å². The van der Waals surface area contributed by atoms with Crippen LogP contribution in [0.4, 0.5) is 0 Å². The largest absolute Gasteiger partial charge is 0.465 e. The van der Waals surface area contributed by atoms with Crippen molar-refractivity contribution in [3.8, 4) is 0 Å². The van der Waals surface area contributed by atoms with Crippen molar-refractivity contribution in [1.82, 2.24) is 0 Å². The molecule has 0 aliphatic rings. The van der Waals surface area contributed by atoms with Crippen LogP contribution in [-0.4, -0.2) is 18.0 Å². The molecule has 0 aliphatic heterocycles. The van der Waals surface area contributed by atoms with Gasteiger partial charge in [0, 0.05) is 0 Å². The first-order chi connectivity index (χ1) is 9.54. The predicted molar refractivity (Wildman–Crippen MR) is 84.3 cm³/mol. The zero-order valence-corrected chi connectivity index (χ0v) is 13.5. The van der Waals surface area contributed by atoms with Crippen LogP contribution < -0.4 is 0 Å². The number of halogens is 3. The van der Waals surface area contributed by atoms with Gasteiger partial charge in [-0.2, -0.15) is 0 Å². The van der Waals surface area contributed by atoms with Crippen LogP contribution in [0, 0.1) is 5.92 Å². The van der Waals surface area contributed by atoms with E-state index in [1.165, 1.54) is 11.6 Å². The fourth-order valence-electron chi connectivity index (χ4n) is 1.82. The van der Waals surface area contributed by atoms with E-state index in [1.807, 2.05) is 30.3 Å². The summed E-state index contributed by atoms with van der Waals surface area (Å²) in [6, 6.07) is 9.94. The maximum absolute atomic E-state index is 11.9. The third-order valence-corrected chi connectivity index (χ3v) is 3.55. The molecule has 0 bridgehead atoms. The number of esters is 1. The van der Waals surface area contributed by atoms with E-state index < -0.39 is 17.3 Å². The van der Waals surface area contributed by atoms with E-state index in [1.54, 1.807) is 6.92 Å². The van der Waals surface area contributed by atoms with Crippen molar-refractivity contribution in [3.05, 3.63) is 46.5 Å². The zero-order chi connectivity index (χ0) is 15.0. The molecule has 20 heavy (non-hydrogen) atoms. The highest BCUT2D eigenvalue weighted by atomic mass is 35.5. The number of alkyl halides is 1. The molecule has 0 heterocycles. The van der Waals surface area contributed by atoms with Crippen LogP contribution in [0.15, 0.2) is 40.9 Å². The monoisotopic (exact) mass is 334 g/mol. The van der Waals surface area contributed by atoms with Gasteiger partial charge in [0.25, 0.3) is 0 Å². The summed E-state index contributed by atoms with van der Waals surface area (Å²) in [6.07, 6.45) is 2.84. The van der Waals surface area contributed by atoms with Gasteiger partial charge in [-0.05, 0) is 31.4 Å². The van der Waals surface area contributed by atoms with E-state index >= 15 is 0 Å². The third-order valence-electron chi connectivity index (χ3n) is 2.81. The van der Waals surface area contributed by atoms with E-state index in [4.69, 9.17) is 39.5 Å². The van der Waals surface area contributed by atoms with Crippen LogP contribution in [0.3, 0.4) is 0 Å². The molecule has 0 radical (unpaired) electrons. The van der Waals surface area contributed by atoms with Gasteiger partial charge < -0.3 is 4.74 Å². The summed E-state index contributed by atoms with van der Waals surface area (Å²) in [4.78, 5) is 11.9. The Morgan fingerprint density at radius 2 is 1.95 bits per heavy atom. The normalized spacial score (nSPS) is 13.4. The Balaban J connectivity index is 2.65. The second-order valence-electron chi connectivity index (χ2n) is 4.27. The molecule has 0 N–H and O–H groups in total. The standard InChI is InChI=1S/C15H17Cl3O2/c1-2-20-15(19)12(10-14(17)18)13(16)9-8-11-6-4-3-5-7-11/h3-7,10,12-13H,2,8-9H2,1H3/t12-,13+/m0/s1. The van der Waals surface area contributed by atoms with Crippen molar-refractivity contribution < 1.29 is 9.53 Å². The molecule has 0 saturated heterocycles. The van der Waals surface area contributed by atoms with Gasteiger partial charge in [-0.1, -0.05) is 53.5 Å². The van der Waals surface area contributed by atoms with Gasteiger partial charge in [0.2, 0.25) is 0 Å². The molecule has 0 aromatic heterocycles. The first kappa shape index (κ1) is 17.4. The zero-order valence-electron chi connectivity index (χ0n) is 11.2. The maximum atomic E-state index is 11.9. The molecule has 1 aromatic carbocycles. The Labute approximate surface area is 134 Å². The van der Waals surface area contributed by atoms with Gasteiger partial charge in [-0.25, -0.2) is 0 Å². The molecule has 0 aliphatic carbocycles. The minimum absolute atomic E-state index is 0.0217. The Morgan fingerprint density at radius 1 is 1.30 bits per heavy atom. The number of rotatable bonds is 7. The van der Waals surface area contributed by atoms with Crippen LogP contribution in [0.1, 0.15) is 18.9 Å². The second kappa shape index (κ2) is 9.28. The minimum Gasteiger partial charge on any atom is -0.465 e. The van der Waals surface area contributed by atoms with Gasteiger partial charge in [0.15, 0.2) is 0 Å². The third kappa shape index (κ3) is 6.17. The van der Waals surface area contributed by atoms with E-state index in [0.717, 1.165) is 6.42 Å². The molecular formula is C15H17Cl3O2. The maximum Gasteiger partial charge on any atom is 0.314 e. The quantitative estimate of drug-likeness (QED) is 0.532. The summed E-state index contributed by atoms with van der Waals surface area (Å²) in [5.74, 6) is -1.04. The lowest BCUT2D eigenvalue weighted by atomic mass is 9.99. The van der Waals surface area contributed by atoms with Gasteiger partial charge >= 0.3 is 5.97 Å². The van der Waals surface area contributed by atoms with E-state index in [2.05, 4.69) is 0 Å². The average Bonchev–Trinajstić information content (AvgIpc) is 2.43. The number of ether oxygens (including phenoxy) is 1. The van der Waals surface area contributed by atoms with Crippen LogP contribution >= 0.6 is 34.8 Å². The van der Waals surface area contributed by atoms with Gasteiger partial charge in [-0.3, -0.25) is 4.79 Å². The summed E-state index contributed by atoms with van der Waals surface area (Å²) < 4.78 is 5.01. The molecule has 0 unspecified atom stereocenters. The lowest BCUT2D eigenvalue weighted by Crippen LogP contribution is -2.25. The van der Waals surface area contributed by atoms with Gasteiger partial charge in [-0.15, -0.1) is 11.6 Å².